The predicted octanol–water partition coefficient (Wildman–Crippen LogP) is 5.42. The number of aryl methyl sites for hydroxylation is 2. The zero-order chi connectivity index (χ0) is 20.1. The second kappa shape index (κ2) is 9.43. The highest BCUT2D eigenvalue weighted by Gasteiger charge is 2.22. The molecule has 0 saturated carbocycles. The molecule has 1 N–H and O–H groups in total. The molecule has 4 nitrogen and oxygen atoms in total. The highest BCUT2D eigenvalue weighted by molar-refractivity contribution is 7.18. The van der Waals surface area contributed by atoms with Gasteiger partial charge in [-0.2, -0.15) is 0 Å². The molecule has 1 aliphatic rings. The maximum atomic E-state index is 11.9. The molecule has 1 aromatic carbocycles. The number of benzene rings is 1. The number of likely N-dealkylation sites (tertiary alicyclic amines) is 1. The second-order valence-electron chi connectivity index (χ2n) is 7.53. The summed E-state index contributed by atoms with van der Waals surface area (Å²) < 4.78 is 11.9. The third-order valence-corrected chi connectivity index (χ3v) is 6.41. The average Bonchev–Trinajstić information content (AvgIpc) is 2.98. The molecule has 28 heavy (non-hydrogen) atoms. The Hall–Kier alpha value is -2.05. The number of nitrogens with zero attached hydrogens (tertiary/aromatic N) is 3. The number of hydrogen-bond acceptors (Lipinski definition) is 5. The van der Waals surface area contributed by atoms with Crippen molar-refractivity contribution in [1.29, 1.82) is 0 Å². The summed E-state index contributed by atoms with van der Waals surface area (Å²) in [7, 11) is 0. The van der Waals surface area contributed by atoms with Gasteiger partial charge in [0.15, 0.2) is 0 Å². The van der Waals surface area contributed by atoms with Crippen molar-refractivity contribution < 1.29 is 4.39 Å². The first-order chi connectivity index (χ1) is 13.5. The molecule has 0 spiro atoms. The van der Waals surface area contributed by atoms with E-state index in [1.807, 2.05) is 0 Å². The van der Waals surface area contributed by atoms with Crippen LogP contribution in [0.25, 0.3) is 10.2 Å². The maximum absolute atomic E-state index is 11.9. The quantitative estimate of drug-likeness (QED) is 0.637. The van der Waals surface area contributed by atoms with Crippen molar-refractivity contribution >= 4 is 27.4 Å². The maximum Gasteiger partial charge on any atom is 0.138 e. The number of anilines is 1. The molecule has 1 aliphatic heterocycles. The number of piperidine rings is 1. The molecular weight excluding hydrogens is 371 g/mol. The SMILES string of the molecule is Cc1sc2ncnc(NC3CCN(C(C)C)CC3)c2c1C.Fc1ccccc1. The summed E-state index contributed by atoms with van der Waals surface area (Å²) >= 11 is 1.76. The first-order valence-electron chi connectivity index (χ1n) is 9.87. The Morgan fingerprint density at radius 1 is 1.11 bits per heavy atom. The lowest BCUT2D eigenvalue weighted by molar-refractivity contribution is 0.177. The first-order valence-corrected chi connectivity index (χ1v) is 10.7. The highest BCUT2D eigenvalue weighted by Crippen LogP contribution is 2.33. The van der Waals surface area contributed by atoms with E-state index >= 15 is 0 Å². The summed E-state index contributed by atoms with van der Waals surface area (Å²) in [6, 6.07) is 9.12. The summed E-state index contributed by atoms with van der Waals surface area (Å²) in [4.78, 5) is 13.9. The van der Waals surface area contributed by atoms with Gasteiger partial charge in [0.05, 0.1) is 5.39 Å². The van der Waals surface area contributed by atoms with E-state index in [0.717, 1.165) is 10.6 Å². The molecule has 1 saturated heterocycles. The molecular formula is C22H29FN4S. The van der Waals surface area contributed by atoms with Crippen molar-refractivity contribution in [2.75, 3.05) is 18.4 Å². The van der Waals surface area contributed by atoms with Crippen LogP contribution in [0.15, 0.2) is 36.7 Å². The Morgan fingerprint density at radius 3 is 2.36 bits per heavy atom. The third kappa shape index (κ3) is 5.06. The molecule has 150 valence electrons. The molecule has 0 atom stereocenters. The van der Waals surface area contributed by atoms with Crippen molar-refractivity contribution in [3.05, 3.63) is 52.9 Å². The molecule has 0 unspecified atom stereocenters. The van der Waals surface area contributed by atoms with E-state index < -0.39 is 0 Å². The van der Waals surface area contributed by atoms with Gasteiger partial charge in [-0.3, -0.25) is 0 Å². The van der Waals surface area contributed by atoms with Crippen LogP contribution in [0.4, 0.5) is 10.2 Å². The Bertz CT molecular complexity index is 886. The van der Waals surface area contributed by atoms with E-state index in [1.54, 1.807) is 35.9 Å². The number of nitrogens with one attached hydrogen (secondary N) is 1. The number of halogens is 1. The lowest BCUT2D eigenvalue weighted by atomic mass is 10.0. The lowest BCUT2D eigenvalue weighted by Crippen LogP contribution is -2.42. The average molecular weight is 401 g/mol. The smallest absolute Gasteiger partial charge is 0.138 e. The number of fused-ring (bicyclic) bond motifs is 1. The number of thiophene rings is 1. The molecule has 0 bridgehead atoms. The van der Waals surface area contributed by atoms with Crippen LogP contribution in [0, 0.1) is 19.7 Å². The topological polar surface area (TPSA) is 41.1 Å². The summed E-state index contributed by atoms with van der Waals surface area (Å²) in [5.41, 5.74) is 1.32. The third-order valence-electron chi connectivity index (χ3n) is 5.30. The van der Waals surface area contributed by atoms with Crippen LogP contribution in [-0.4, -0.2) is 40.0 Å². The van der Waals surface area contributed by atoms with Gasteiger partial charge < -0.3 is 10.2 Å². The summed E-state index contributed by atoms with van der Waals surface area (Å²) in [5, 5.41) is 4.88. The van der Waals surface area contributed by atoms with Gasteiger partial charge in [-0.25, -0.2) is 14.4 Å². The van der Waals surface area contributed by atoms with Gasteiger partial charge in [0.1, 0.15) is 22.8 Å². The van der Waals surface area contributed by atoms with Crippen LogP contribution in [0.5, 0.6) is 0 Å². The Morgan fingerprint density at radius 2 is 1.79 bits per heavy atom. The van der Waals surface area contributed by atoms with Crippen LogP contribution >= 0.6 is 11.3 Å². The number of hydrogen-bond donors (Lipinski definition) is 1. The van der Waals surface area contributed by atoms with E-state index in [2.05, 4.69) is 47.9 Å². The normalized spacial score (nSPS) is 15.5. The van der Waals surface area contributed by atoms with E-state index in [-0.39, 0.29) is 5.82 Å². The zero-order valence-electron chi connectivity index (χ0n) is 17.1. The Kier molecular flexibility index (Phi) is 6.97. The molecule has 0 radical (unpaired) electrons. The van der Waals surface area contributed by atoms with Gasteiger partial charge in [-0.1, -0.05) is 18.2 Å². The van der Waals surface area contributed by atoms with Gasteiger partial charge in [0.2, 0.25) is 0 Å². The lowest BCUT2D eigenvalue weighted by Gasteiger charge is -2.35. The van der Waals surface area contributed by atoms with Crippen molar-refractivity contribution in [2.24, 2.45) is 0 Å². The minimum Gasteiger partial charge on any atom is -0.367 e. The van der Waals surface area contributed by atoms with Crippen LogP contribution < -0.4 is 5.32 Å². The zero-order valence-corrected chi connectivity index (χ0v) is 17.9. The molecule has 3 aromatic rings. The fraction of sp³-hybridized carbons (Fsp3) is 0.455. The molecule has 2 aromatic heterocycles. The molecule has 4 rings (SSSR count). The number of aromatic nitrogens is 2. The van der Waals surface area contributed by atoms with Crippen molar-refractivity contribution in [1.82, 2.24) is 14.9 Å². The van der Waals surface area contributed by atoms with Gasteiger partial charge in [0.25, 0.3) is 0 Å². The van der Waals surface area contributed by atoms with Crippen LogP contribution in [0.3, 0.4) is 0 Å². The van der Waals surface area contributed by atoms with Crippen LogP contribution in [0.2, 0.25) is 0 Å². The minimum atomic E-state index is -0.178. The van der Waals surface area contributed by atoms with Crippen LogP contribution in [0.1, 0.15) is 37.1 Å². The van der Waals surface area contributed by atoms with Gasteiger partial charge in [-0.05, 0) is 58.2 Å². The standard InChI is InChI=1S/C16H24N4S.C6H5F/c1-10(2)20-7-5-13(6-8-20)19-15-14-11(3)12(4)21-16(14)18-9-17-15;7-6-4-2-1-3-5-6/h9-10,13H,5-8H2,1-4H3,(H,17,18,19);1-5H. The van der Waals surface area contributed by atoms with Crippen molar-refractivity contribution in [2.45, 2.75) is 52.6 Å². The summed E-state index contributed by atoms with van der Waals surface area (Å²) in [6.07, 6.45) is 4.06. The second-order valence-corrected chi connectivity index (χ2v) is 8.73. The molecule has 1 fully saturated rings. The summed E-state index contributed by atoms with van der Waals surface area (Å²) in [5.74, 6) is 0.840. The monoisotopic (exact) mass is 400 g/mol. The Labute approximate surface area is 170 Å². The fourth-order valence-electron chi connectivity index (χ4n) is 3.46. The van der Waals surface area contributed by atoms with E-state index in [1.165, 1.54) is 53.9 Å². The molecule has 0 amide bonds. The van der Waals surface area contributed by atoms with Crippen molar-refractivity contribution in [3.8, 4) is 0 Å². The van der Waals surface area contributed by atoms with E-state index in [4.69, 9.17) is 0 Å². The Balaban J connectivity index is 0.000000271. The molecule has 3 heterocycles. The highest BCUT2D eigenvalue weighted by atomic mass is 32.1. The van der Waals surface area contributed by atoms with E-state index in [9.17, 15) is 4.39 Å². The largest absolute Gasteiger partial charge is 0.367 e. The molecule has 0 aliphatic carbocycles. The first kappa shape index (κ1) is 20.7. The number of rotatable bonds is 3. The van der Waals surface area contributed by atoms with Gasteiger partial charge in [-0.15, -0.1) is 11.3 Å². The summed E-state index contributed by atoms with van der Waals surface area (Å²) in [6.45, 7) is 11.2. The predicted molar refractivity (Wildman–Crippen MR) is 117 cm³/mol. The minimum absolute atomic E-state index is 0.178. The van der Waals surface area contributed by atoms with Crippen LogP contribution in [-0.2, 0) is 0 Å². The fourth-order valence-corrected chi connectivity index (χ4v) is 4.46. The van der Waals surface area contributed by atoms with Gasteiger partial charge >= 0.3 is 0 Å². The van der Waals surface area contributed by atoms with Crippen molar-refractivity contribution in [3.63, 3.8) is 0 Å². The van der Waals surface area contributed by atoms with E-state index in [0.29, 0.717) is 12.1 Å². The molecule has 6 heteroatoms. The van der Waals surface area contributed by atoms with Gasteiger partial charge in [0, 0.05) is 30.1 Å².